The topological polar surface area (TPSA) is 46.0 Å². The lowest BCUT2D eigenvalue weighted by Crippen LogP contribution is -2.08. The highest BCUT2D eigenvalue weighted by atomic mass is 16.3. The molecule has 0 bridgehead atoms. The summed E-state index contributed by atoms with van der Waals surface area (Å²) in [5.41, 5.74) is 1.57. The zero-order valence-electron chi connectivity index (χ0n) is 9.77. The molecule has 1 atom stereocenters. The minimum atomic E-state index is -0.469. The van der Waals surface area contributed by atoms with Gasteiger partial charge in [-0.15, -0.1) is 0 Å². The van der Waals surface area contributed by atoms with Crippen LogP contribution in [0.3, 0.4) is 0 Å². The summed E-state index contributed by atoms with van der Waals surface area (Å²) in [4.78, 5) is 8.32. The van der Waals surface area contributed by atoms with Crippen LogP contribution in [0.1, 0.15) is 50.6 Å². The van der Waals surface area contributed by atoms with Crippen LogP contribution in [-0.4, -0.2) is 15.1 Å². The van der Waals surface area contributed by atoms with Crippen molar-refractivity contribution >= 4 is 0 Å². The van der Waals surface area contributed by atoms with Gasteiger partial charge in [0.25, 0.3) is 0 Å². The van der Waals surface area contributed by atoms with E-state index in [2.05, 4.69) is 23.8 Å². The van der Waals surface area contributed by atoms with E-state index in [4.69, 9.17) is 0 Å². The van der Waals surface area contributed by atoms with Crippen LogP contribution in [0.25, 0.3) is 0 Å². The van der Waals surface area contributed by atoms with Gasteiger partial charge in [-0.05, 0) is 19.3 Å². The highest BCUT2D eigenvalue weighted by Gasteiger charge is 2.14. The summed E-state index contributed by atoms with van der Waals surface area (Å²) in [6, 6.07) is 0. The maximum Gasteiger partial charge on any atom is 0.0978 e. The molecule has 1 aromatic heterocycles. The van der Waals surface area contributed by atoms with Crippen LogP contribution in [0, 0.1) is 12.8 Å². The molecule has 1 aromatic rings. The zero-order valence-corrected chi connectivity index (χ0v) is 9.77. The van der Waals surface area contributed by atoms with Gasteiger partial charge in [-0.2, -0.15) is 0 Å². The monoisotopic (exact) mass is 208 g/mol. The molecule has 0 aromatic carbocycles. The average molecular weight is 208 g/mol. The zero-order chi connectivity index (χ0) is 11.3. The van der Waals surface area contributed by atoms with E-state index in [0.717, 1.165) is 25.0 Å². The van der Waals surface area contributed by atoms with E-state index in [-0.39, 0.29) is 0 Å². The second-order valence-electron chi connectivity index (χ2n) is 4.02. The second-order valence-corrected chi connectivity index (χ2v) is 4.02. The third-order valence-electron chi connectivity index (χ3n) is 2.85. The van der Waals surface area contributed by atoms with Crippen molar-refractivity contribution in [2.24, 2.45) is 5.92 Å². The lowest BCUT2D eigenvalue weighted by atomic mass is 9.95. The van der Waals surface area contributed by atoms with Gasteiger partial charge in [0.15, 0.2) is 0 Å². The van der Waals surface area contributed by atoms with Crippen LogP contribution in [0.15, 0.2) is 12.4 Å². The van der Waals surface area contributed by atoms with Crippen molar-refractivity contribution < 1.29 is 5.11 Å². The minimum Gasteiger partial charge on any atom is -0.387 e. The molecular formula is C12H20N2O. The first-order valence-electron chi connectivity index (χ1n) is 5.64. The Balaban J connectivity index is 2.60. The molecular weight excluding hydrogens is 188 g/mol. The van der Waals surface area contributed by atoms with Crippen LogP contribution in [0.2, 0.25) is 0 Å². The number of rotatable bonds is 5. The molecule has 3 heteroatoms. The van der Waals surface area contributed by atoms with Gasteiger partial charge in [-0.1, -0.05) is 26.7 Å². The van der Waals surface area contributed by atoms with Crippen molar-refractivity contribution in [1.29, 1.82) is 0 Å². The van der Waals surface area contributed by atoms with E-state index >= 15 is 0 Å². The van der Waals surface area contributed by atoms with E-state index in [1.165, 1.54) is 0 Å². The van der Waals surface area contributed by atoms with E-state index in [1.54, 1.807) is 12.4 Å². The van der Waals surface area contributed by atoms with Crippen LogP contribution >= 0.6 is 0 Å². The summed E-state index contributed by atoms with van der Waals surface area (Å²) in [5, 5.41) is 9.94. The Hall–Kier alpha value is -0.960. The molecule has 3 nitrogen and oxygen atoms in total. The molecule has 0 saturated carbocycles. The van der Waals surface area contributed by atoms with Crippen LogP contribution < -0.4 is 0 Å². The van der Waals surface area contributed by atoms with Gasteiger partial charge < -0.3 is 5.11 Å². The summed E-state index contributed by atoms with van der Waals surface area (Å²) in [6.07, 6.45) is 5.89. The third kappa shape index (κ3) is 3.59. The Bertz CT molecular complexity index is 280. The molecule has 0 aliphatic carbocycles. The summed E-state index contributed by atoms with van der Waals surface area (Å²) in [7, 11) is 0. The molecule has 1 heterocycles. The van der Waals surface area contributed by atoms with E-state index in [9.17, 15) is 5.11 Å². The fourth-order valence-corrected chi connectivity index (χ4v) is 1.63. The number of aryl methyl sites for hydroxylation is 1. The number of hydrogen-bond acceptors (Lipinski definition) is 3. The molecule has 15 heavy (non-hydrogen) atoms. The molecule has 0 aliphatic rings. The molecule has 0 radical (unpaired) electrons. The van der Waals surface area contributed by atoms with Crippen LogP contribution in [-0.2, 0) is 0 Å². The minimum absolute atomic E-state index is 0.469. The third-order valence-corrected chi connectivity index (χ3v) is 2.85. The maximum absolute atomic E-state index is 9.94. The number of nitrogens with zero attached hydrogens (tertiary/aromatic N) is 2. The molecule has 0 amide bonds. The Morgan fingerprint density at radius 3 is 2.33 bits per heavy atom. The Labute approximate surface area is 91.6 Å². The lowest BCUT2D eigenvalue weighted by Gasteiger charge is -2.16. The first-order chi connectivity index (χ1) is 7.17. The molecule has 0 fully saturated rings. The van der Waals surface area contributed by atoms with Crippen molar-refractivity contribution in [2.75, 3.05) is 0 Å². The quantitative estimate of drug-likeness (QED) is 0.809. The largest absolute Gasteiger partial charge is 0.387 e. The molecule has 1 N–H and O–H groups in total. The first-order valence-corrected chi connectivity index (χ1v) is 5.64. The molecule has 1 rings (SSSR count). The normalized spacial score (nSPS) is 13.1. The lowest BCUT2D eigenvalue weighted by molar-refractivity contribution is 0.136. The van der Waals surface area contributed by atoms with Crippen molar-refractivity contribution in [3.8, 4) is 0 Å². The smallest absolute Gasteiger partial charge is 0.0978 e. The predicted octanol–water partition coefficient (Wildman–Crippen LogP) is 2.64. The van der Waals surface area contributed by atoms with Gasteiger partial charge in [0.1, 0.15) is 0 Å². The standard InChI is InChI=1S/C12H20N2O/c1-4-10(5-2)6-12(15)11-8-13-9(3)7-14-11/h7-8,10,12,15H,4-6H2,1-3H3. The van der Waals surface area contributed by atoms with Gasteiger partial charge in [-0.25, -0.2) is 0 Å². The van der Waals surface area contributed by atoms with Crippen molar-refractivity contribution in [3.63, 3.8) is 0 Å². The van der Waals surface area contributed by atoms with Crippen LogP contribution in [0.5, 0.6) is 0 Å². The van der Waals surface area contributed by atoms with E-state index < -0.39 is 6.10 Å². The number of aromatic nitrogens is 2. The number of aliphatic hydroxyl groups is 1. The van der Waals surface area contributed by atoms with Gasteiger partial charge in [0, 0.05) is 6.20 Å². The fraction of sp³-hybridized carbons (Fsp3) is 0.667. The Kier molecular flexibility index (Phi) is 4.69. The summed E-state index contributed by atoms with van der Waals surface area (Å²) < 4.78 is 0. The van der Waals surface area contributed by atoms with Gasteiger partial charge in [0.05, 0.1) is 23.7 Å². The Morgan fingerprint density at radius 1 is 1.20 bits per heavy atom. The van der Waals surface area contributed by atoms with Gasteiger partial charge in [0.2, 0.25) is 0 Å². The summed E-state index contributed by atoms with van der Waals surface area (Å²) >= 11 is 0. The SMILES string of the molecule is CCC(CC)CC(O)c1cnc(C)cn1. The van der Waals surface area contributed by atoms with E-state index in [1.807, 2.05) is 6.92 Å². The molecule has 1 unspecified atom stereocenters. The van der Waals surface area contributed by atoms with Gasteiger partial charge >= 0.3 is 0 Å². The fourth-order valence-electron chi connectivity index (χ4n) is 1.63. The van der Waals surface area contributed by atoms with Crippen molar-refractivity contribution in [3.05, 3.63) is 23.8 Å². The number of hydrogen-bond donors (Lipinski definition) is 1. The molecule has 0 saturated heterocycles. The number of aliphatic hydroxyl groups excluding tert-OH is 1. The molecule has 84 valence electrons. The Morgan fingerprint density at radius 2 is 1.87 bits per heavy atom. The first kappa shape index (κ1) is 12.1. The highest BCUT2D eigenvalue weighted by Crippen LogP contribution is 2.23. The highest BCUT2D eigenvalue weighted by molar-refractivity contribution is 5.03. The van der Waals surface area contributed by atoms with E-state index in [0.29, 0.717) is 11.6 Å². The predicted molar refractivity (Wildman–Crippen MR) is 60.4 cm³/mol. The van der Waals surface area contributed by atoms with Gasteiger partial charge in [-0.3, -0.25) is 9.97 Å². The van der Waals surface area contributed by atoms with Crippen LogP contribution in [0.4, 0.5) is 0 Å². The molecule has 0 spiro atoms. The van der Waals surface area contributed by atoms with Crippen molar-refractivity contribution in [2.45, 2.75) is 46.1 Å². The summed E-state index contributed by atoms with van der Waals surface area (Å²) in [6.45, 7) is 6.20. The van der Waals surface area contributed by atoms with Crippen molar-refractivity contribution in [1.82, 2.24) is 9.97 Å². The second kappa shape index (κ2) is 5.81. The average Bonchev–Trinajstić information content (AvgIpc) is 2.26. The maximum atomic E-state index is 9.94. The molecule has 0 aliphatic heterocycles. The summed E-state index contributed by atoms with van der Waals surface area (Å²) in [5.74, 6) is 0.572.